The van der Waals surface area contributed by atoms with Gasteiger partial charge in [0.2, 0.25) is 5.91 Å². The van der Waals surface area contributed by atoms with E-state index in [1.165, 1.54) is 7.05 Å². The third kappa shape index (κ3) is 3.84. The van der Waals surface area contributed by atoms with Crippen LogP contribution in [-0.2, 0) is 15.1 Å². The summed E-state index contributed by atoms with van der Waals surface area (Å²) in [6.45, 7) is 1.08. The van der Waals surface area contributed by atoms with Gasteiger partial charge < -0.3 is 16.0 Å². The molecule has 3 rings (SSSR count). The molecule has 5 amide bonds. The smallest absolute Gasteiger partial charge is 0.325 e. The summed E-state index contributed by atoms with van der Waals surface area (Å²) in [6.07, 6.45) is 0. The second kappa shape index (κ2) is 8.05. The molecular formula is C21H19N5O4. The largest absolute Gasteiger partial charge is 0.355 e. The average molecular weight is 405 g/mol. The minimum Gasteiger partial charge on any atom is -0.355 e. The number of carbonyl (C=O) groups is 4. The molecule has 30 heavy (non-hydrogen) atoms. The van der Waals surface area contributed by atoms with Crippen LogP contribution in [0.5, 0.6) is 0 Å². The quantitative estimate of drug-likeness (QED) is 0.646. The van der Waals surface area contributed by atoms with Crippen molar-refractivity contribution in [3.8, 4) is 6.07 Å². The van der Waals surface area contributed by atoms with Gasteiger partial charge in [0.05, 0.1) is 11.6 Å². The molecule has 1 saturated heterocycles. The summed E-state index contributed by atoms with van der Waals surface area (Å²) in [6, 6.07) is 13.8. The van der Waals surface area contributed by atoms with Crippen molar-refractivity contribution >= 4 is 29.4 Å². The molecule has 2 aromatic carbocycles. The Labute approximate surface area is 172 Å². The monoisotopic (exact) mass is 405 g/mol. The molecule has 0 spiro atoms. The number of nitriles is 1. The molecule has 9 heteroatoms. The van der Waals surface area contributed by atoms with Crippen LogP contribution in [0.25, 0.3) is 0 Å². The summed E-state index contributed by atoms with van der Waals surface area (Å²) in [4.78, 5) is 50.0. The molecule has 0 saturated carbocycles. The van der Waals surface area contributed by atoms with Gasteiger partial charge in [0.25, 0.3) is 11.8 Å². The fraction of sp³-hybridized carbons (Fsp3) is 0.190. The van der Waals surface area contributed by atoms with Crippen molar-refractivity contribution < 1.29 is 19.2 Å². The highest BCUT2D eigenvalue weighted by atomic mass is 16.2. The lowest BCUT2D eigenvalue weighted by molar-refractivity contribution is -0.133. The minimum atomic E-state index is -1.33. The van der Waals surface area contributed by atoms with E-state index in [0.717, 1.165) is 4.90 Å². The normalized spacial score (nSPS) is 17.8. The topological polar surface area (TPSA) is 131 Å². The van der Waals surface area contributed by atoms with Crippen molar-refractivity contribution in [2.24, 2.45) is 0 Å². The van der Waals surface area contributed by atoms with Crippen LogP contribution in [0.15, 0.2) is 48.5 Å². The van der Waals surface area contributed by atoms with Crippen LogP contribution in [0.2, 0.25) is 0 Å². The average Bonchev–Trinajstić information content (AvgIpc) is 2.97. The van der Waals surface area contributed by atoms with Gasteiger partial charge in [-0.1, -0.05) is 12.1 Å². The number of carbonyl (C=O) groups excluding carboxylic acids is 4. The van der Waals surface area contributed by atoms with Gasteiger partial charge in [0, 0.05) is 18.3 Å². The number of benzene rings is 2. The number of rotatable bonds is 5. The summed E-state index contributed by atoms with van der Waals surface area (Å²) in [5, 5.41) is 16.6. The third-order valence-electron chi connectivity index (χ3n) is 4.83. The highest BCUT2D eigenvalue weighted by molar-refractivity contribution is 6.10. The van der Waals surface area contributed by atoms with E-state index in [-0.39, 0.29) is 5.91 Å². The zero-order chi connectivity index (χ0) is 21.9. The standard InChI is InChI=1S/C21H19N5O4/c1-21(15-7-3-13(11-22)4-8-15)19(29)26(20(30)25-21)12-17(27)24-16-9-5-14(6-10-16)18(28)23-2/h3-10H,12H2,1-2H3,(H,23,28)(H,24,27)(H,25,30). The van der Waals surface area contributed by atoms with Crippen LogP contribution in [-0.4, -0.2) is 42.2 Å². The van der Waals surface area contributed by atoms with E-state index in [2.05, 4.69) is 16.0 Å². The summed E-state index contributed by atoms with van der Waals surface area (Å²) in [5.41, 5.74) is 0.461. The van der Waals surface area contributed by atoms with Crippen molar-refractivity contribution in [3.63, 3.8) is 0 Å². The van der Waals surface area contributed by atoms with Crippen molar-refractivity contribution in [1.82, 2.24) is 15.5 Å². The molecule has 0 aliphatic carbocycles. The van der Waals surface area contributed by atoms with E-state index in [0.29, 0.717) is 22.4 Å². The minimum absolute atomic E-state index is 0.255. The number of amides is 5. The molecule has 0 bridgehead atoms. The van der Waals surface area contributed by atoms with E-state index >= 15 is 0 Å². The predicted molar refractivity (Wildman–Crippen MR) is 107 cm³/mol. The zero-order valence-electron chi connectivity index (χ0n) is 16.4. The van der Waals surface area contributed by atoms with E-state index in [1.54, 1.807) is 55.5 Å². The Hall–Kier alpha value is -4.19. The molecule has 0 radical (unpaired) electrons. The Morgan fingerprint density at radius 1 is 1.10 bits per heavy atom. The molecule has 152 valence electrons. The number of urea groups is 1. The SMILES string of the molecule is CNC(=O)c1ccc(NC(=O)CN2C(=O)NC(C)(c3ccc(C#N)cc3)C2=O)cc1. The Bertz CT molecular complexity index is 1060. The molecule has 9 nitrogen and oxygen atoms in total. The molecule has 2 aromatic rings. The van der Waals surface area contributed by atoms with E-state index < -0.39 is 29.9 Å². The first-order valence-corrected chi connectivity index (χ1v) is 9.05. The fourth-order valence-corrected chi connectivity index (χ4v) is 3.11. The van der Waals surface area contributed by atoms with Crippen molar-refractivity contribution in [3.05, 3.63) is 65.2 Å². The predicted octanol–water partition coefficient (Wildman–Crippen LogP) is 1.32. The molecule has 3 N–H and O–H groups in total. The molecule has 1 unspecified atom stereocenters. The lowest BCUT2D eigenvalue weighted by Gasteiger charge is -2.22. The summed E-state index contributed by atoms with van der Waals surface area (Å²) in [5.74, 6) is -1.38. The van der Waals surface area contributed by atoms with Crippen molar-refractivity contribution in [2.75, 3.05) is 18.9 Å². The fourth-order valence-electron chi connectivity index (χ4n) is 3.11. The number of hydrogen-bond acceptors (Lipinski definition) is 5. The van der Waals surface area contributed by atoms with Crippen LogP contribution in [0.1, 0.15) is 28.4 Å². The molecular weight excluding hydrogens is 386 g/mol. The summed E-state index contributed by atoms with van der Waals surface area (Å²) < 4.78 is 0. The Morgan fingerprint density at radius 2 is 1.73 bits per heavy atom. The second-order valence-corrected chi connectivity index (χ2v) is 6.84. The first-order valence-electron chi connectivity index (χ1n) is 9.05. The Kier molecular flexibility index (Phi) is 5.51. The van der Waals surface area contributed by atoms with Crippen LogP contribution in [0.4, 0.5) is 10.5 Å². The molecule has 1 aliphatic heterocycles. The van der Waals surface area contributed by atoms with Gasteiger partial charge in [0.1, 0.15) is 12.1 Å². The zero-order valence-corrected chi connectivity index (χ0v) is 16.4. The van der Waals surface area contributed by atoms with E-state index in [1.807, 2.05) is 6.07 Å². The number of anilines is 1. The summed E-state index contributed by atoms with van der Waals surface area (Å²) in [7, 11) is 1.52. The Balaban J connectivity index is 1.69. The maximum absolute atomic E-state index is 12.9. The molecule has 1 fully saturated rings. The van der Waals surface area contributed by atoms with Gasteiger partial charge in [-0.25, -0.2) is 4.79 Å². The first-order chi connectivity index (χ1) is 14.3. The van der Waals surface area contributed by atoms with Gasteiger partial charge in [-0.15, -0.1) is 0 Å². The third-order valence-corrected chi connectivity index (χ3v) is 4.83. The number of nitrogens with one attached hydrogen (secondary N) is 3. The van der Waals surface area contributed by atoms with Gasteiger partial charge in [-0.3, -0.25) is 19.3 Å². The van der Waals surface area contributed by atoms with Crippen molar-refractivity contribution in [1.29, 1.82) is 5.26 Å². The van der Waals surface area contributed by atoms with E-state index in [9.17, 15) is 19.2 Å². The van der Waals surface area contributed by atoms with Crippen LogP contribution < -0.4 is 16.0 Å². The van der Waals surface area contributed by atoms with Crippen molar-refractivity contribution in [2.45, 2.75) is 12.5 Å². The van der Waals surface area contributed by atoms with Gasteiger partial charge in [-0.2, -0.15) is 5.26 Å². The lowest BCUT2D eigenvalue weighted by atomic mass is 9.91. The highest BCUT2D eigenvalue weighted by Crippen LogP contribution is 2.29. The maximum atomic E-state index is 12.9. The van der Waals surface area contributed by atoms with Gasteiger partial charge in [0.15, 0.2) is 0 Å². The van der Waals surface area contributed by atoms with Crippen LogP contribution in [0, 0.1) is 11.3 Å². The van der Waals surface area contributed by atoms with Gasteiger partial charge in [-0.05, 0) is 48.9 Å². The van der Waals surface area contributed by atoms with Gasteiger partial charge >= 0.3 is 6.03 Å². The highest BCUT2D eigenvalue weighted by Gasteiger charge is 2.49. The molecule has 0 aromatic heterocycles. The summed E-state index contributed by atoms with van der Waals surface area (Å²) >= 11 is 0. The number of nitrogens with zero attached hydrogens (tertiary/aromatic N) is 2. The molecule has 1 aliphatic rings. The number of imide groups is 1. The Morgan fingerprint density at radius 3 is 2.30 bits per heavy atom. The second-order valence-electron chi connectivity index (χ2n) is 6.84. The molecule has 1 heterocycles. The van der Waals surface area contributed by atoms with E-state index in [4.69, 9.17) is 5.26 Å². The van der Waals surface area contributed by atoms with Crippen LogP contribution in [0.3, 0.4) is 0 Å². The molecule has 1 atom stereocenters. The lowest BCUT2D eigenvalue weighted by Crippen LogP contribution is -2.42. The first kappa shape index (κ1) is 20.5. The van der Waals surface area contributed by atoms with Crippen LogP contribution >= 0.6 is 0 Å². The number of hydrogen-bond donors (Lipinski definition) is 3. The maximum Gasteiger partial charge on any atom is 0.325 e.